The summed E-state index contributed by atoms with van der Waals surface area (Å²) in [5.74, 6) is -0.0201. The molecule has 1 aromatic carbocycles. The molecule has 0 bridgehead atoms. The van der Waals surface area contributed by atoms with Crippen LogP contribution < -0.4 is 5.32 Å². The largest absolute Gasteiger partial charge is 0.350 e. The van der Waals surface area contributed by atoms with Gasteiger partial charge in [0.1, 0.15) is 0 Å². The second kappa shape index (κ2) is 6.06. The van der Waals surface area contributed by atoms with Crippen LogP contribution in [0.15, 0.2) is 42.2 Å². The Balaban J connectivity index is 1.60. The highest BCUT2D eigenvalue weighted by atomic mass is 32.1. The first-order chi connectivity index (χ1) is 13.1. The molecule has 1 aliphatic heterocycles. The number of hydrogen-bond donors (Lipinski definition) is 1. The Bertz CT molecular complexity index is 1170. The van der Waals surface area contributed by atoms with E-state index in [1.807, 2.05) is 28.7 Å². The molecule has 1 atom stereocenters. The smallest absolute Gasteiger partial charge is 0.221 e. The number of hydrogen-bond acceptors (Lipinski definition) is 4. The molecule has 0 unspecified atom stereocenters. The van der Waals surface area contributed by atoms with Crippen LogP contribution in [0, 0.1) is 13.8 Å². The van der Waals surface area contributed by atoms with Crippen molar-refractivity contribution >= 4 is 22.2 Å². The van der Waals surface area contributed by atoms with Gasteiger partial charge in [0.25, 0.3) is 0 Å². The molecule has 0 fully saturated rings. The predicted molar refractivity (Wildman–Crippen MR) is 104 cm³/mol. The molecule has 27 heavy (non-hydrogen) atoms. The molecule has 5 rings (SSSR count). The standard InChI is InChI=1S/C20H19N5OS/c1-12-3-4-15(7-13(12)2)25-11-14(9-22-25)16-8-18(26)21-10-17-19(16)24-5-6-27-20(24)23-17/h3-7,9,11,16H,8,10H2,1-2H3,(H,21,26)/t16-/m0/s1. The highest BCUT2D eigenvalue weighted by Gasteiger charge is 2.30. The van der Waals surface area contributed by atoms with Gasteiger partial charge in [0.2, 0.25) is 5.91 Å². The van der Waals surface area contributed by atoms with E-state index >= 15 is 0 Å². The number of nitrogens with zero attached hydrogens (tertiary/aromatic N) is 4. The third-order valence-corrected chi connectivity index (χ3v) is 6.06. The molecule has 1 N–H and O–H groups in total. The van der Waals surface area contributed by atoms with Crippen molar-refractivity contribution in [3.05, 3.63) is 70.2 Å². The van der Waals surface area contributed by atoms with Crippen LogP contribution in [0.25, 0.3) is 10.6 Å². The van der Waals surface area contributed by atoms with Gasteiger partial charge in [-0.15, -0.1) is 11.3 Å². The first-order valence-corrected chi connectivity index (χ1v) is 9.81. The Hall–Kier alpha value is -2.93. The maximum atomic E-state index is 12.3. The third-order valence-electron chi connectivity index (χ3n) is 5.31. The lowest BCUT2D eigenvalue weighted by Gasteiger charge is -2.12. The van der Waals surface area contributed by atoms with E-state index in [1.165, 1.54) is 11.1 Å². The maximum absolute atomic E-state index is 12.3. The molecule has 1 aliphatic rings. The van der Waals surface area contributed by atoms with E-state index in [2.05, 4.69) is 46.9 Å². The van der Waals surface area contributed by atoms with Gasteiger partial charge in [-0.1, -0.05) is 6.07 Å². The molecule has 6 nitrogen and oxygen atoms in total. The molecule has 0 saturated carbocycles. The number of carbonyl (C=O) groups is 1. The summed E-state index contributed by atoms with van der Waals surface area (Å²) in [5.41, 5.74) is 6.57. The van der Waals surface area contributed by atoms with Crippen molar-refractivity contribution in [1.29, 1.82) is 0 Å². The van der Waals surface area contributed by atoms with Crippen molar-refractivity contribution in [2.45, 2.75) is 32.7 Å². The van der Waals surface area contributed by atoms with Gasteiger partial charge in [-0.2, -0.15) is 5.10 Å². The molecule has 0 radical (unpaired) electrons. The SMILES string of the molecule is Cc1ccc(-n2cc([C@@H]3CC(=O)NCc4nc5sccn5c43)cn2)cc1C. The summed E-state index contributed by atoms with van der Waals surface area (Å²) in [4.78, 5) is 18.0. The van der Waals surface area contributed by atoms with E-state index in [4.69, 9.17) is 4.98 Å². The number of fused-ring (bicyclic) bond motifs is 3. The highest BCUT2D eigenvalue weighted by Crippen LogP contribution is 2.34. The molecule has 7 heteroatoms. The summed E-state index contributed by atoms with van der Waals surface area (Å²) in [6, 6.07) is 6.31. The number of carbonyl (C=O) groups excluding carboxylic acids is 1. The van der Waals surface area contributed by atoms with E-state index < -0.39 is 0 Å². The van der Waals surface area contributed by atoms with E-state index in [-0.39, 0.29) is 11.8 Å². The zero-order chi connectivity index (χ0) is 18.5. The van der Waals surface area contributed by atoms with Crippen molar-refractivity contribution < 1.29 is 4.79 Å². The number of rotatable bonds is 2. The van der Waals surface area contributed by atoms with Crippen molar-refractivity contribution in [3.8, 4) is 5.69 Å². The molecular weight excluding hydrogens is 358 g/mol. The second-order valence-electron chi connectivity index (χ2n) is 7.02. The van der Waals surface area contributed by atoms with Gasteiger partial charge in [-0.3, -0.25) is 9.20 Å². The van der Waals surface area contributed by atoms with Crippen LogP contribution >= 0.6 is 11.3 Å². The third kappa shape index (κ3) is 2.66. The Morgan fingerprint density at radius 2 is 2.15 bits per heavy atom. The van der Waals surface area contributed by atoms with Crippen LogP contribution in [-0.4, -0.2) is 25.1 Å². The Kier molecular flexibility index (Phi) is 3.65. The van der Waals surface area contributed by atoms with Crippen molar-refractivity contribution in [2.75, 3.05) is 0 Å². The van der Waals surface area contributed by atoms with Crippen LogP contribution in [0.1, 0.15) is 40.4 Å². The molecular formula is C20H19N5OS. The van der Waals surface area contributed by atoms with Crippen LogP contribution in [0.2, 0.25) is 0 Å². The monoisotopic (exact) mass is 377 g/mol. The second-order valence-corrected chi connectivity index (χ2v) is 7.89. The number of nitrogens with one attached hydrogen (secondary N) is 1. The Morgan fingerprint density at radius 3 is 3.00 bits per heavy atom. The summed E-state index contributed by atoms with van der Waals surface area (Å²) in [6.45, 7) is 4.68. The molecule has 136 valence electrons. The molecule has 4 aromatic rings. The number of amides is 1. The van der Waals surface area contributed by atoms with E-state index in [0.717, 1.165) is 27.6 Å². The normalized spacial score (nSPS) is 17.0. The summed E-state index contributed by atoms with van der Waals surface area (Å²) in [7, 11) is 0. The highest BCUT2D eigenvalue weighted by molar-refractivity contribution is 7.15. The lowest BCUT2D eigenvalue weighted by atomic mass is 9.94. The first-order valence-electron chi connectivity index (χ1n) is 8.93. The van der Waals surface area contributed by atoms with Crippen LogP contribution in [0.5, 0.6) is 0 Å². The summed E-state index contributed by atoms with van der Waals surface area (Å²) < 4.78 is 3.99. The Labute approximate surface area is 160 Å². The fraction of sp³-hybridized carbons (Fsp3) is 0.250. The summed E-state index contributed by atoms with van der Waals surface area (Å²) in [6.07, 6.45) is 6.33. The average molecular weight is 377 g/mol. The van der Waals surface area contributed by atoms with Gasteiger partial charge in [0.15, 0.2) is 4.96 Å². The molecule has 4 heterocycles. The summed E-state index contributed by atoms with van der Waals surface area (Å²) >= 11 is 1.61. The van der Waals surface area contributed by atoms with Crippen molar-refractivity contribution in [3.63, 3.8) is 0 Å². The van der Waals surface area contributed by atoms with Gasteiger partial charge in [0, 0.05) is 35.7 Å². The number of aryl methyl sites for hydroxylation is 2. The van der Waals surface area contributed by atoms with Gasteiger partial charge in [-0.25, -0.2) is 9.67 Å². The lowest BCUT2D eigenvalue weighted by molar-refractivity contribution is -0.121. The lowest BCUT2D eigenvalue weighted by Crippen LogP contribution is -2.21. The van der Waals surface area contributed by atoms with Gasteiger partial charge in [0.05, 0.1) is 29.8 Å². The molecule has 0 saturated heterocycles. The van der Waals surface area contributed by atoms with Crippen LogP contribution in [0.4, 0.5) is 0 Å². The number of thiazole rings is 1. The molecule has 0 aliphatic carbocycles. The fourth-order valence-electron chi connectivity index (χ4n) is 3.69. The van der Waals surface area contributed by atoms with Crippen molar-refractivity contribution in [2.24, 2.45) is 0 Å². The topological polar surface area (TPSA) is 64.2 Å². The fourth-order valence-corrected chi connectivity index (χ4v) is 4.43. The Morgan fingerprint density at radius 1 is 1.26 bits per heavy atom. The van der Waals surface area contributed by atoms with Gasteiger partial charge >= 0.3 is 0 Å². The minimum absolute atomic E-state index is 0.0425. The number of imidazole rings is 1. The van der Waals surface area contributed by atoms with Crippen LogP contribution in [0.3, 0.4) is 0 Å². The minimum Gasteiger partial charge on any atom is -0.350 e. The van der Waals surface area contributed by atoms with Gasteiger partial charge < -0.3 is 5.32 Å². The van der Waals surface area contributed by atoms with E-state index in [0.29, 0.717) is 13.0 Å². The number of benzene rings is 1. The molecule has 0 spiro atoms. The quantitative estimate of drug-likeness (QED) is 0.583. The van der Waals surface area contributed by atoms with Crippen molar-refractivity contribution in [1.82, 2.24) is 24.5 Å². The van der Waals surface area contributed by atoms with E-state index in [9.17, 15) is 4.79 Å². The average Bonchev–Trinajstić information content (AvgIpc) is 3.34. The van der Waals surface area contributed by atoms with Crippen LogP contribution in [-0.2, 0) is 11.3 Å². The van der Waals surface area contributed by atoms with Gasteiger partial charge in [-0.05, 0) is 37.1 Å². The molecule has 1 amide bonds. The number of aromatic nitrogens is 4. The molecule has 3 aromatic heterocycles. The predicted octanol–water partition coefficient (Wildman–Crippen LogP) is 3.35. The zero-order valence-corrected chi connectivity index (χ0v) is 16.0. The maximum Gasteiger partial charge on any atom is 0.221 e. The zero-order valence-electron chi connectivity index (χ0n) is 15.1. The van der Waals surface area contributed by atoms with E-state index in [1.54, 1.807) is 11.3 Å². The minimum atomic E-state index is -0.0626. The first kappa shape index (κ1) is 16.3. The summed E-state index contributed by atoms with van der Waals surface area (Å²) in [5, 5.41) is 9.56.